The number of benzene rings is 1. The van der Waals surface area contributed by atoms with Gasteiger partial charge in [0.25, 0.3) is 0 Å². The van der Waals surface area contributed by atoms with Gasteiger partial charge in [-0.2, -0.15) is 0 Å². The number of hydrogen-bond acceptors (Lipinski definition) is 5. The first-order chi connectivity index (χ1) is 15.4. The van der Waals surface area contributed by atoms with Crippen LogP contribution in [0.2, 0.25) is 5.02 Å². The zero-order valence-corrected chi connectivity index (χ0v) is 20.9. The standard InChI is InChI=1S/C22H27BrClN3O4S/c1-2-8-25-19(29)15-16-21(31)27(9-5-10-28)18(22(16)11-12(23)17(15)32-22)20(30)26-14-7-4-3-6-13(14)24/h3-4,6-7,12,15-18,28H,2,5,8-11H2,1H3,(H,25,29)(H,26,30)/t12?,15-,16+,17-,18?,22?/m1/s1. The van der Waals surface area contributed by atoms with Crippen molar-refractivity contribution < 1.29 is 19.5 Å². The second-order valence-corrected chi connectivity index (χ2v) is 11.7. The number of rotatable bonds is 8. The van der Waals surface area contributed by atoms with Crippen LogP contribution >= 0.6 is 39.3 Å². The number of halogens is 2. The Morgan fingerprint density at radius 1 is 1.34 bits per heavy atom. The second kappa shape index (κ2) is 9.52. The van der Waals surface area contributed by atoms with Gasteiger partial charge in [0.1, 0.15) is 6.04 Å². The molecule has 4 rings (SSSR count). The summed E-state index contributed by atoms with van der Waals surface area (Å²) in [6.45, 7) is 2.71. The third-order valence-electron chi connectivity index (χ3n) is 6.58. The molecule has 32 heavy (non-hydrogen) atoms. The lowest BCUT2D eigenvalue weighted by molar-refractivity contribution is -0.139. The Morgan fingerprint density at radius 2 is 2.09 bits per heavy atom. The van der Waals surface area contributed by atoms with Crippen molar-refractivity contribution in [3.8, 4) is 0 Å². The van der Waals surface area contributed by atoms with Gasteiger partial charge < -0.3 is 20.6 Å². The van der Waals surface area contributed by atoms with Crippen LogP contribution in [0.5, 0.6) is 0 Å². The molecule has 3 amide bonds. The van der Waals surface area contributed by atoms with E-state index in [2.05, 4.69) is 26.6 Å². The van der Waals surface area contributed by atoms with E-state index in [0.717, 1.165) is 6.42 Å². The summed E-state index contributed by atoms with van der Waals surface area (Å²) in [5.74, 6) is -1.67. The summed E-state index contributed by atoms with van der Waals surface area (Å²) in [5, 5.41) is 15.6. The smallest absolute Gasteiger partial charge is 0.248 e. The first-order valence-electron chi connectivity index (χ1n) is 10.9. The third-order valence-corrected chi connectivity index (χ3v) is 10.1. The highest BCUT2D eigenvalue weighted by Gasteiger charge is 2.75. The zero-order valence-electron chi connectivity index (χ0n) is 17.7. The number of likely N-dealkylation sites (tertiary alicyclic amines) is 1. The molecule has 3 aliphatic heterocycles. The Kier molecular flexibility index (Phi) is 7.10. The highest BCUT2D eigenvalue weighted by Crippen LogP contribution is 2.67. The molecule has 0 saturated carbocycles. The molecule has 0 aliphatic carbocycles. The Morgan fingerprint density at radius 3 is 2.78 bits per heavy atom. The summed E-state index contributed by atoms with van der Waals surface area (Å²) in [6, 6.07) is 6.23. The van der Waals surface area contributed by atoms with Gasteiger partial charge >= 0.3 is 0 Å². The highest BCUT2D eigenvalue weighted by atomic mass is 79.9. The molecule has 3 N–H and O–H groups in total. The van der Waals surface area contributed by atoms with Crippen molar-refractivity contribution in [1.29, 1.82) is 0 Å². The van der Waals surface area contributed by atoms with Crippen molar-refractivity contribution in [3.63, 3.8) is 0 Å². The van der Waals surface area contributed by atoms with E-state index in [-0.39, 0.29) is 41.0 Å². The van der Waals surface area contributed by atoms with Gasteiger partial charge in [0.2, 0.25) is 17.7 Å². The van der Waals surface area contributed by atoms with E-state index in [1.165, 1.54) is 0 Å². The monoisotopic (exact) mass is 543 g/mol. The Balaban J connectivity index is 1.70. The molecule has 10 heteroatoms. The van der Waals surface area contributed by atoms with E-state index in [9.17, 15) is 19.5 Å². The van der Waals surface area contributed by atoms with Crippen molar-refractivity contribution in [2.75, 3.05) is 25.0 Å². The lowest BCUT2D eigenvalue weighted by Crippen LogP contribution is -2.53. The summed E-state index contributed by atoms with van der Waals surface area (Å²) in [7, 11) is 0. The average Bonchev–Trinajstić information content (AvgIpc) is 3.35. The number of amides is 3. The van der Waals surface area contributed by atoms with Crippen molar-refractivity contribution in [1.82, 2.24) is 10.2 Å². The molecule has 174 valence electrons. The second-order valence-electron chi connectivity index (χ2n) is 8.53. The number of aliphatic hydroxyl groups excluding tert-OH is 1. The van der Waals surface area contributed by atoms with E-state index in [0.29, 0.717) is 30.1 Å². The summed E-state index contributed by atoms with van der Waals surface area (Å²) in [6.07, 6.45) is 1.79. The van der Waals surface area contributed by atoms with E-state index < -0.39 is 22.6 Å². The van der Waals surface area contributed by atoms with Crippen molar-refractivity contribution in [3.05, 3.63) is 29.3 Å². The number of para-hydroxylation sites is 1. The van der Waals surface area contributed by atoms with Gasteiger partial charge in [0.15, 0.2) is 0 Å². The maximum Gasteiger partial charge on any atom is 0.248 e. The molecule has 3 unspecified atom stereocenters. The third kappa shape index (κ3) is 3.85. The van der Waals surface area contributed by atoms with Crippen LogP contribution in [-0.2, 0) is 14.4 Å². The molecular weight excluding hydrogens is 518 g/mol. The van der Waals surface area contributed by atoms with Crippen LogP contribution in [0.3, 0.4) is 0 Å². The van der Waals surface area contributed by atoms with Gasteiger partial charge in [-0.25, -0.2) is 0 Å². The molecule has 0 radical (unpaired) electrons. The SMILES string of the molecule is CCCNC(=O)[C@H]1[C@@H]2SC3(CC2Br)C(C(=O)Nc2ccccc2Cl)N(CCCO)C(=O)[C@H]13. The molecule has 1 spiro atoms. The van der Waals surface area contributed by atoms with Gasteiger partial charge in [-0.15, -0.1) is 11.8 Å². The fourth-order valence-corrected chi connectivity index (χ4v) is 9.14. The van der Waals surface area contributed by atoms with E-state index in [1.54, 1.807) is 40.9 Å². The number of carbonyl (C=O) groups is 3. The van der Waals surface area contributed by atoms with Crippen LogP contribution in [0.4, 0.5) is 5.69 Å². The summed E-state index contributed by atoms with van der Waals surface area (Å²) >= 11 is 11.6. The number of thioether (sulfide) groups is 1. The predicted molar refractivity (Wildman–Crippen MR) is 129 cm³/mol. The van der Waals surface area contributed by atoms with Crippen molar-refractivity contribution in [2.45, 2.75) is 47.1 Å². The minimum absolute atomic E-state index is 0.0299. The van der Waals surface area contributed by atoms with Crippen LogP contribution in [0.25, 0.3) is 0 Å². The van der Waals surface area contributed by atoms with Gasteiger partial charge in [0, 0.05) is 29.8 Å². The first-order valence-corrected chi connectivity index (χ1v) is 13.1. The number of fused-ring (bicyclic) bond motifs is 1. The maximum atomic E-state index is 13.6. The zero-order chi connectivity index (χ0) is 23.0. The fourth-order valence-electron chi connectivity index (χ4n) is 5.34. The largest absolute Gasteiger partial charge is 0.396 e. The van der Waals surface area contributed by atoms with Gasteiger partial charge in [-0.3, -0.25) is 14.4 Å². The van der Waals surface area contributed by atoms with Gasteiger partial charge in [-0.1, -0.05) is 46.6 Å². The number of nitrogens with one attached hydrogen (secondary N) is 2. The number of alkyl halides is 1. The summed E-state index contributed by atoms with van der Waals surface area (Å²) < 4.78 is -0.703. The lowest BCUT2D eigenvalue weighted by Gasteiger charge is -2.35. The number of hydrogen-bond donors (Lipinski definition) is 3. The molecule has 6 atom stereocenters. The molecule has 2 bridgehead atoms. The van der Waals surface area contributed by atoms with E-state index >= 15 is 0 Å². The molecule has 3 fully saturated rings. The Hall–Kier alpha value is -1.29. The van der Waals surface area contributed by atoms with Gasteiger partial charge in [0.05, 0.1) is 27.3 Å². The summed E-state index contributed by atoms with van der Waals surface area (Å²) in [4.78, 5) is 41.9. The van der Waals surface area contributed by atoms with Crippen LogP contribution in [0.1, 0.15) is 26.2 Å². The number of nitrogens with zero attached hydrogens (tertiary/aromatic N) is 1. The lowest BCUT2D eigenvalue weighted by atomic mass is 9.70. The maximum absolute atomic E-state index is 13.6. The predicted octanol–water partition coefficient (Wildman–Crippen LogP) is 2.65. The first kappa shape index (κ1) is 23.9. The molecule has 3 saturated heterocycles. The quantitative estimate of drug-likeness (QED) is 0.437. The Labute approximate surface area is 205 Å². The number of carbonyl (C=O) groups excluding carboxylic acids is 3. The van der Waals surface area contributed by atoms with Crippen LogP contribution < -0.4 is 10.6 Å². The van der Waals surface area contributed by atoms with Crippen LogP contribution in [-0.4, -0.2) is 68.3 Å². The molecule has 3 aliphatic rings. The molecule has 0 aromatic heterocycles. The average molecular weight is 545 g/mol. The minimum Gasteiger partial charge on any atom is -0.396 e. The number of anilines is 1. The molecular formula is C22H27BrClN3O4S. The van der Waals surface area contributed by atoms with Crippen molar-refractivity contribution in [2.24, 2.45) is 11.8 Å². The minimum atomic E-state index is -0.748. The number of aliphatic hydroxyl groups is 1. The van der Waals surface area contributed by atoms with E-state index in [4.69, 9.17) is 11.6 Å². The van der Waals surface area contributed by atoms with Crippen LogP contribution in [0, 0.1) is 11.8 Å². The van der Waals surface area contributed by atoms with E-state index in [1.807, 2.05) is 6.92 Å². The fraction of sp³-hybridized carbons (Fsp3) is 0.591. The topological polar surface area (TPSA) is 98.7 Å². The van der Waals surface area contributed by atoms with Gasteiger partial charge in [-0.05, 0) is 31.4 Å². The molecule has 3 heterocycles. The molecule has 1 aromatic rings. The van der Waals surface area contributed by atoms with Crippen molar-refractivity contribution >= 4 is 62.7 Å². The van der Waals surface area contributed by atoms with Crippen LogP contribution in [0.15, 0.2) is 24.3 Å². The molecule has 7 nitrogen and oxygen atoms in total. The molecule has 1 aromatic carbocycles. The highest BCUT2D eigenvalue weighted by molar-refractivity contribution is 9.09. The Bertz CT molecular complexity index is 921. The summed E-state index contributed by atoms with van der Waals surface area (Å²) in [5.41, 5.74) is 0.485. The normalized spacial score (nSPS) is 32.8.